The summed E-state index contributed by atoms with van der Waals surface area (Å²) >= 11 is -0.838. The van der Waals surface area contributed by atoms with Gasteiger partial charge in [-0.2, -0.15) is 5.53 Å². The summed E-state index contributed by atoms with van der Waals surface area (Å²) in [4.78, 5) is 6.63. The largest absolute Gasteiger partial charge is 0.322 e. The highest BCUT2D eigenvalue weighted by molar-refractivity contribution is 8.31. The van der Waals surface area contributed by atoms with E-state index in [1.807, 2.05) is 29.8 Å². The number of aliphatic imine (C=N–C) groups is 1. The molecule has 0 bridgehead atoms. The van der Waals surface area contributed by atoms with E-state index in [0.717, 1.165) is 17.4 Å². The molecule has 2 heterocycles. The number of hydrogen-bond donors (Lipinski definition) is 2. The van der Waals surface area contributed by atoms with Crippen LogP contribution < -0.4 is 0 Å². The lowest BCUT2D eigenvalue weighted by atomic mass is 10.1. The second-order valence-electron chi connectivity index (χ2n) is 3.41. The minimum atomic E-state index is -0.838. The van der Waals surface area contributed by atoms with Crippen molar-refractivity contribution >= 4 is 21.9 Å². The molecule has 0 saturated carbocycles. The van der Waals surface area contributed by atoms with E-state index >= 15 is 0 Å². The molecule has 15 heavy (non-hydrogen) atoms. The third-order valence-corrected chi connectivity index (χ3v) is 3.91. The molecule has 76 valence electrons. The summed E-state index contributed by atoms with van der Waals surface area (Å²) in [5, 5.41) is 2.89. The molecule has 1 aromatic carbocycles. The lowest BCUT2D eigenvalue weighted by Crippen LogP contribution is -2.23. The Kier molecular flexibility index (Phi) is 1.85. The summed E-state index contributed by atoms with van der Waals surface area (Å²) in [6.45, 7) is 0.847. The molecule has 0 amide bonds. The quantitative estimate of drug-likeness (QED) is 0.552. The minimum absolute atomic E-state index is 0.838. The third-order valence-electron chi connectivity index (χ3n) is 2.51. The molecule has 3 rings (SSSR count). The van der Waals surface area contributed by atoms with Gasteiger partial charge in [-0.3, -0.25) is 0 Å². The topological polar surface area (TPSA) is 51.8 Å². The summed E-state index contributed by atoms with van der Waals surface area (Å²) in [7, 11) is 0. The second-order valence-corrected chi connectivity index (χ2v) is 5.00. The Morgan fingerprint density at radius 1 is 1.40 bits per heavy atom. The molecule has 2 aliphatic rings. The molecule has 5 heteroatoms. The molecule has 1 aromatic rings. The summed E-state index contributed by atoms with van der Waals surface area (Å²) in [5.74, 6) is 0. The molecule has 0 fully saturated rings. The van der Waals surface area contributed by atoms with Gasteiger partial charge in [0.05, 0.1) is 12.2 Å². The van der Waals surface area contributed by atoms with Crippen LogP contribution in [0.5, 0.6) is 0 Å². The molecular weight excluding hydrogens is 208 g/mol. The predicted octanol–water partition coefficient (Wildman–Crippen LogP) is 2.92. The number of fused-ring (bicyclic) bond motifs is 2. The first-order chi connectivity index (χ1) is 7.38. The van der Waals surface area contributed by atoms with Crippen molar-refractivity contribution in [3.05, 3.63) is 41.4 Å². The maximum atomic E-state index is 7.10. The zero-order valence-corrected chi connectivity index (χ0v) is 8.85. The van der Waals surface area contributed by atoms with Crippen LogP contribution in [0.3, 0.4) is 0 Å². The van der Waals surface area contributed by atoms with Crippen LogP contribution in [0.15, 0.2) is 45.4 Å². The number of thiol groups is 1. The van der Waals surface area contributed by atoms with E-state index in [1.165, 1.54) is 5.56 Å². The van der Waals surface area contributed by atoms with Gasteiger partial charge in [-0.05, 0) is 17.0 Å². The van der Waals surface area contributed by atoms with E-state index in [2.05, 4.69) is 20.5 Å². The van der Waals surface area contributed by atoms with Crippen LogP contribution in [0.1, 0.15) is 5.56 Å². The van der Waals surface area contributed by atoms with Crippen LogP contribution in [0, 0.1) is 5.53 Å². The van der Waals surface area contributed by atoms with Crippen molar-refractivity contribution in [1.29, 1.82) is 5.53 Å². The standard InChI is InChI=1S/C10H10N4S/c11-13-15-6-5-14-7-8-3-1-2-4-9(8)12-10(14)15/h1-6,11,15H,7H2. The van der Waals surface area contributed by atoms with Crippen molar-refractivity contribution in [2.75, 3.05) is 0 Å². The fourth-order valence-electron chi connectivity index (χ4n) is 1.77. The number of nitrogens with zero attached hydrogens (tertiary/aromatic N) is 3. The van der Waals surface area contributed by atoms with Crippen LogP contribution in [-0.4, -0.2) is 10.1 Å². The molecular formula is C10H10N4S. The first kappa shape index (κ1) is 8.67. The lowest BCUT2D eigenvalue weighted by Gasteiger charge is -2.24. The van der Waals surface area contributed by atoms with E-state index in [9.17, 15) is 0 Å². The van der Waals surface area contributed by atoms with Crippen molar-refractivity contribution in [2.45, 2.75) is 6.54 Å². The first-order valence-electron chi connectivity index (χ1n) is 4.66. The van der Waals surface area contributed by atoms with Gasteiger partial charge in [0.25, 0.3) is 0 Å². The van der Waals surface area contributed by atoms with Gasteiger partial charge >= 0.3 is 0 Å². The van der Waals surface area contributed by atoms with Crippen molar-refractivity contribution in [3.8, 4) is 0 Å². The molecule has 1 atom stereocenters. The normalized spacial score (nSPS) is 24.4. The van der Waals surface area contributed by atoms with Crippen LogP contribution >= 0.6 is 11.1 Å². The maximum absolute atomic E-state index is 7.10. The van der Waals surface area contributed by atoms with Gasteiger partial charge < -0.3 is 4.90 Å². The Bertz CT molecular complexity index is 480. The number of nitrogens with one attached hydrogen (secondary N) is 1. The molecule has 1 N–H and O–H groups in total. The average Bonchev–Trinajstić information content (AvgIpc) is 2.68. The third kappa shape index (κ3) is 1.27. The van der Waals surface area contributed by atoms with Crippen molar-refractivity contribution < 1.29 is 0 Å². The molecule has 0 aliphatic carbocycles. The molecule has 0 radical (unpaired) electrons. The second kappa shape index (κ2) is 3.20. The minimum Gasteiger partial charge on any atom is -0.322 e. The average molecular weight is 218 g/mol. The highest BCUT2D eigenvalue weighted by Gasteiger charge is 2.25. The summed E-state index contributed by atoms with van der Waals surface area (Å²) in [5.41, 5.74) is 9.35. The fourth-order valence-corrected chi connectivity index (χ4v) is 2.96. The highest BCUT2D eigenvalue weighted by Crippen LogP contribution is 2.42. The van der Waals surface area contributed by atoms with E-state index in [1.54, 1.807) is 0 Å². The lowest BCUT2D eigenvalue weighted by molar-refractivity contribution is 0.560. The van der Waals surface area contributed by atoms with Crippen molar-refractivity contribution in [1.82, 2.24) is 4.90 Å². The Hall–Kier alpha value is -1.62. The molecule has 0 spiro atoms. The number of benzene rings is 1. The van der Waals surface area contributed by atoms with Gasteiger partial charge in [-0.25, -0.2) is 4.99 Å². The molecule has 0 aromatic heterocycles. The Labute approximate surface area is 90.3 Å². The van der Waals surface area contributed by atoms with Gasteiger partial charge in [0.2, 0.25) is 0 Å². The summed E-state index contributed by atoms with van der Waals surface area (Å²) in [6.07, 6.45) is 1.98. The SMILES string of the molecule is N=N[SH]1C=CN2Cc3ccccc3N=C21. The Morgan fingerprint density at radius 2 is 2.27 bits per heavy atom. The zero-order chi connectivity index (χ0) is 10.3. The van der Waals surface area contributed by atoms with Crippen LogP contribution in [0.2, 0.25) is 0 Å². The van der Waals surface area contributed by atoms with Crippen molar-refractivity contribution in [2.24, 2.45) is 9.51 Å². The smallest absolute Gasteiger partial charge is 0.172 e. The van der Waals surface area contributed by atoms with E-state index in [4.69, 9.17) is 5.53 Å². The summed E-state index contributed by atoms with van der Waals surface area (Å²) < 4.78 is 3.60. The maximum Gasteiger partial charge on any atom is 0.172 e. The van der Waals surface area contributed by atoms with Gasteiger partial charge in [-0.15, -0.1) is 4.52 Å². The predicted molar refractivity (Wildman–Crippen MR) is 62.4 cm³/mol. The van der Waals surface area contributed by atoms with Crippen LogP contribution in [-0.2, 0) is 6.54 Å². The molecule has 4 nitrogen and oxygen atoms in total. The Balaban J connectivity index is 2.09. The fraction of sp³-hybridized carbons (Fsp3) is 0.100. The van der Waals surface area contributed by atoms with E-state index in [0.29, 0.717) is 0 Å². The van der Waals surface area contributed by atoms with E-state index < -0.39 is 11.1 Å². The number of para-hydroxylation sites is 1. The van der Waals surface area contributed by atoms with Crippen molar-refractivity contribution in [3.63, 3.8) is 0 Å². The number of amidine groups is 1. The van der Waals surface area contributed by atoms with Crippen LogP contribution in [0.25, 0.3) is 0 Å². The number of hydrogen-bond acceptors (Lipinski definition) is 4. The van der Waals surface area contributed by atoms with Gasteiger partial charge in [-0.1, -0.05) is 29.3 Å². The van der Waals surface area contributed by atoms with E-state index in [-0.39, 0.29) is 0 Å². The molecule has 1 unspecified atom stereocenters. The van der Waals surface area contributed by atoms with Gasteiger partial charge in [0.15, 0.2) is 5.17 Å². The highest BCUT2D eigenvalue weighted by atomic mass is 32.2. The molecule has 2 aliphatic heterocycles. The van der Waals surface area contributed by atoms with Crippen LogP contribution in [0.4, 0.5) is 5.69 Å². The number of rotatable bonds is 1. The van der Waals surface area contributed by atoms with Gasteiger partial charge in [0.1, 0.15) is 0 Å². The monoisotopic (exact) mass is 218 g/mol. The summed E-state index contributed by atoms with van der Waals surface area (Å²) in [6, 6.07) is 8.11. The first-order valence-corrected chi connectivity index (χ1v) is 6.03. The Morgan fingerprint density at radius 3 is 3.13 bits per heavy atom. The zero-order valence-electron chi connectivity index (χ0n) is 7.96. The van der Waals surface area contributed by atoms with Gasteiger partial charge in [0, 0.05) is 6.20 Å². The molecule has 0 saturated heterocycles.